The van der Waals surface area contributed by atoms with Gasteiger partial charge in [0.1, 0.15) is 0 Å². The number of hydrogen-bond donors (Lipinski definition) is 1. The highest BCUT2D eigenvalue weighted by molar-refractivity contribution is 5.08. The largest absolute Gasteiger partial charge is 0.351 e. The molecule has 1 unspecified atom stereocenters. The first kappa shape index (κ1) is 12.3. The van der Waals surface area contributed by atoms with Crippen LogP contribution in [0.5, 0.6) is 0 Å². The molecule has 0 fully saturated rings. The van der Waals surface area contributed by atoms with E-state index in [9.17, 15) is 0 Å². The van der Waals surface area contributed by atoms with Gasteiger partial charge in [0.15, 0.2) is 0 Å². The van der Waals surface area contributed by atoms with Crippen LogP contribution in [0.3, 0.4) is 0 Å². The van der Waals surface area contributed by atoms with Crippen molar-refractivity contribution >= 4 is 0 Å². The van der Waals surface area contributed by atoms with Crippen molar-refractivity contribution in [3.05, 3.63) is 24.0 Å². The van der Waals surface area contributed by atoms with Crippen molar-refractivity contribution in [2.75, 3.05) is 0 Å². The van der Waals surface area contributed by atoms with E-state index >= 15 is 0 Å². The van der Waals surface area contributed by atoms with Crippen molar-refractivity contribution in [1.29, 1.82) is 0 Å². The zero-order chi connectivity index (χ0) is 11.1. The molecule has 0 amide bonds. The van der Waals surface area contributed by atoms with Crippen LogP contribution in [-0.2, 0) is 13.0 Å². The Kier molecular flexibility index (Phi) is 5.48. The zero-order valence-electron chi connectivity index (χ0n) is 10.1. The lowest BCUT2D eigenvalue weighted by Gasteiger charge is -2.12. The molecule has 0 aliphatic heterocycles. The normalized spacial score (nSPS) is 13.0. The lowest BCUT2D eigenvalue weighted by atomic mass is 10.1. The lowest BCUT2D eigenvalue weighted by molar-refractivity contribution is 0.559. The maximum atomic E-state index is 5.97. The highest BCUT2D eigenvalue weighted by Gasteiger charge is 2.05. The van der Waals surface area contributed by atoms with Crippen molar-refractivity contribution in [1.82, 2.24) is 4.57 Å². The second-order valence-corrected chi connectivity index (χ2v) is 4.27. The average Bonchev–Trinajstić information content (AvgIpc) is 2.66. The van der Waals surface area contributed by atoms with Crippen LogP contribution in [0.15, 0.2) is 18.3 Å². The van der Waals surface area contributed by atoms with Crippen LogP contribution in [0.4, 0.5) is 0 Å². The number of nitrogens with two attached hydrogens (primary N) is 1. The van der Waals surface area contributed by atoms with Gasteiger partial charge in [-0.05, 0) is 25.0 Å². The number of aromatic nitrogens is 1. The van der Waals surface area contributed by atoms with Gasteiger partial charge in [0.2, 0.25) is 0 Å². The van der Waals surface area contributed by atoms with Gasteiger partial charge in [-0.1, -0.05) is 26.7 Å². The van der Waals surface area contributed by atoms with E-state index in [0.717, 1.165) is 19.4 Å². The SMILES string of the molecule is CCCCCn1cccc1CC(N)CC. The molecule has 0 radical (unpaired) electrons. The Morgan fingerprint density at radius 3 is 2.80 bits per heavy atom. The summed E-state index contributed by atoms with van der Waals surface area (Å²) in [6.07, 6.45) is 8.12. The predicted molar refractivity (Wildman–Crippen MR) is 65.9 cm³/mol. The van der Waals surface area contributed by atoms with Gasteiger partial charge in [-0.3, -0.25) is 0 Å². The molecule has 15 heavy (non-hydrogen) atoms. The Morgan fingerprint density at radius 1 is 1.33 bits per heavy atom. The Morgan fingerprint density at radius 2 is 2.13 bits per heavy atom. The number of unbranched alkanes of at least 4 members (excludes halogenated alkanes) is 2. The average molecular weight is 208 g/mol. The minimum absolute atomic E-state index is 0.310. The molecule has 1 atom stereocenters. The van der Waals surface area contributed by atoms with Crippen molar-refractivity contribution in [3.63, 3.8) is 0 Å². The molecule has 0 saturated heterocycles. The van der Waals surface area contributed by atoms with E-state index in [0.29, 0.717) is 6.04 Å². The van der Waals surface area contributed by atoms with E-state index in [-0.39, 0.29) is 0 Å². The number of rotatable bonds is 7. The maximum absolute atomic E-state index is 5.97. The molecule has 0 bridgehead atoms. The van der Waals surface area contributed by atoms with Crippen molar-refractivity contribution in [3.8, 4) is 0 Å². The second kappa shape index (κ2) is 6.67. The first-order valence-corrected chi connectivity index (χ1v) is 6.17. The van der Waals surface area contributed by atoms with E-state index in [1.807, 2.05) is 0 Å². The minimum atomic E-state index is 0.310. The molecule has 0 spiro atoms. The molecule has 2 heteroatoms. The van der Waals surface area contributed by atoms with Crippen LogP contribution >= 0.6 is 0 Å². The van der Waals surface area contributed by atoms with Crippen LogP contribution in [0.1, 0.15) is 45.2 Å². The molecule has 0 saturated carbocycles. The van der Waals surface area contributed by atoms with Gasteiger partial charge in [0.05, 0.1) is 0 Å². The highest BCUT2D eigenvalue weighted by atomic mass is 15.0. The lowest BCUT2D eigenvalue weighted by Crippen LogP contribution is -2.23. The van der Waals surface area contributed by atoms with Crippen molar-refractivity contribution in [2.24, 2.45) is 5.73 Å². The first-order chi connectivity index (χ1) is 7.27. The zero-order valence-corrected chi connectivity index (χ0v) is 10.1. The van der Waals surface area contributed by atoms with E-state index in [4.69, 9.17) is 5.73 Å². The molecule has 1 aromatic heterocycles. The first-order valence-electron chi connectivity index (χ1n) is 6.17. The summed E-state index contributed by atoms with van der Waals surface area (Å²) < 4.78 is 2.35. The third-order valence-electron chi connectivity index (χ3n) is 2.92. The predicted octanol–water partition coefficient (Wildman–Crippen LogP) is 2.96. The number of aryl methyl sites for hydroxylation is 1. The highest BCUT2D eigenvalue weighted by Crippen LogP contribution is 2.08. The fourth-order valence-corrected chi connectivity index (χ4v) is 1.80. The Balaban J connectivity index is 2.45. The number of nitrogens with zero attached hydrogens (tertiary/aromatic N) is 1. The molecule has 0 aliphatic rings. The smallest absolute Gasteiger partial charge is 0.0222 e. The fourth-order valence-electron chi connectivity index (χ4n) is 1.80. The van der Waals surface area contributed by atoms with E-state index in [1.54, 1.807) is 0 Å². The van der Waals surface area contributed by atoms with E-state index in [1.165, 1.54) is 25.0 Å². The molecule has 1 rings (SSSR count). The molecule has 2 nitrogen and oxygen atoms in total. The standard InChI is InChI=1S/C13H24N2/c1-3-5-6-9-15-10-7-8-13(15)11-12(14)4-2/h7-8,10,12H,3-6,9,11,14H2,1-2H3. The summed E-state index contributed by atoms with van der Waals surface area (Å²) in [6, 6.07) is 4.63. The van der Waals surface area contributed by atoms with Crippen LogP contribution in [0, 0.1) is 0 Å². The molecule has 1 aromatic rings. The molecular formula is C13H24N2. The van der Waals surface area contributed by atoms with E-state index in [2.05, 4.69) is 36.7 Å². The molecule has 86 valence electrons. The van der Waals surface area contributed by atoms with Gasteiger partial charge >= 0.3 is 0 Å². The summed E-state index contributed by atoms with van der Waals surface area (Å²) in [7, 11) is 0. The third kappa shape index (κ3) is 4.08. The van der Waals surface area contributed by atoms with Gasteiger partial charge in [-0.15, -0.1) is 0 Å². The Labute approximate surface area is 93.5 Å². The summed E-state index contributed by atoms with van der Waals surface area (Å²) in [5.41, 5.74) is 7.36. The Hall–Kier alpha value is -0.760. The van der Waals surface area contributed by atoms with Crippen molar-refractivity contribution in [2.45, 2.75) is 58.5 Å². The second-order valence-electron chi connectivity index (χ2n) is 4.27. The van der Waals surface area contributed by atoms with Gasteiger partial charge in [-0.2, -0.15) is 0 Å². The summed E-state index contributed by atoms with van der Waals surface area (Å²) in [5, 5.41) is 0. The maximum Gasteiger partial charge on any atom is 0.0222 e. The number of hydrogen-bond acceptors (Lipinski definition) is 1. The van der Waals surface area contributed by atoms with Gasteiger partial charge < -0.3 is 10.3 Å². The fraction of sp³-hybridized carbons (Fsp3) is 0.692. The monoisotopic (exact) mass is 208 g/mol. The Bertz CT molecular complexity index is 265. The van der Waals surface area contributed by atoms with E-state index < -0.39 is 0 Å². The molecule has 2 N–H and O–H groups in total. The topological polar surface area (TPSA) is 30.9 Å². The summed E-state index contributed by atoms with van der Waals surface area (Å²) in [4.78, 5) is 0. The van der Waals surface area contributed by atoms with Crippen LogP contribution in [0.2, 0.25) is 0 Å². The molecule has 1 heterocycles. The summed E-state index contributed by atoms with van der Waals surface area (Å²) >= 11 is 0. The van der Waals surface area contributed by atoms with Crippen LogP contribution in [-0.4, -0.2) is 10.6 Å². The molecule has 0 aliphatic carbocycles. The van der Waals surface area contributed by atoms with Crippen molar-refractivity contribution < 1.29 is 0 Å². The van der Waals surface area contributed by atoms with Crippen LogP contribution in [0.25, 0.3) is 0 Å². The summed E-state index contributed by atoms with van der Waals surface area (Å²) in [5.74, 6) is 0. The summed E-state index contributed by atoms with van der Waals surface area (Å²) in [6.45, 7) is 5.53. The molecular weight excluding hydrogens is 184 g/mol. The van der Waals surface area contributed by atoms with Gasteiger partial charge in [-0.25, -0.2) is 0 Å². The quantitative estimate of drug-likeness (QED) is 0.686. The van der Waals surface area contributed by atoms with Crippen LogP contribution < -0.4 is 5.73 Å². The van der Waals surface area contributed by atoms with Gasteiger partial charge in [0, 0.05) is 30.9 Å². The minimum Gasteiger partial charge on any atom is -0.351 e. The third-order valence-corrected chi connectivity index (χ3v) is 2.92. The van der Waals surface area contributed by atoms with Gasteiger partial charge in [0.25, 0.3) is 0 Å². The molecule has 0 aromatic carbocycles.